The van der Waals surface area contributed by atoms with E-state index in [1.807, 2.05) is 76.2 Å². The molecular formula is C26H32N4O4. The number of H-pyrrole nitrogens is 1. The van der Waals surface area contributed by atoms with E-state index in [0.29, 0.717) is 12.2 Å². The van der Waals surface area contributed by atoms with E-state index in [1.54, 1.807) is 0 Å². The molecule has 0 unspecified atom stereocenters. The third kappa shape index (κ3) is 5.95. The summed E-state index contributed by atoms with van der Waals surface area (Å²) in [7, 11) is 0. The molecule has 3 aromatic rings. The van der Waals surface area contributed by atoms with Crippen molar-refractivity contribution in [3.8, 4) is 5.75 Å². The van der Waals surface area contributed by atoms with Gasteiger partial charge in [0.15, 0.2) is 12.3 Å². The highest BCUT2D eigenvalue weighted by atomic mass is 16.5. The number of nitrogens with zero attached hydrogens (tertiary/aromatic N) is 2. The van der Waals surface area contributed by atoms with Crippen molar-refractivity contribution in [2.75, 3.05) is 23.8 Å². The third-order valence-corrected chi connectivity index (χ3v) is 5.58. The molecule has 0 fully saturated rings. The molecule has 1 heterocycles. The molecule has 0 aliphatic heterocycles. The van der Waals surface area contributed by atoms with Crippen LogP contribution in [-0.2, 0) is 11.3 Å². The Morgan fingerprint density at radius 2 is 1.82 bits per heavy atom. The number of rotatable bonds is 9. The predicted octanol–water partition coefficient (Wildman–Crippen LogP) is 3.24. The highest BCUT2D eigenvalue weighted by molar-refractivity contribution is 5.96. The molecule has 0 radical (unpaired) electrons. The standard InChI is InChI=1S/C26H32N4O4/c1-17(2)12-13-29(22(31)16-34-21-11-10-18(3)14-19(21)4)23-24(27)30(26(33)28-25(23)32)15-20-8-6-5-7-9-20/h5-11,14,17H,12-13,15-16,27H2,1-4H3,(H,28,32,33). The van der Waals surface area contributed by atoms with Crippen LogP contribution in [0.1, 0.15) is 37.0 Å². The molecule has 8 nitrogen and oxygen atoms in total. The SMILES string of the molecule is Cc1ccc(OCC(=O)N(CCC(C)C)c2c(N)n(Cc3ccccc3)c(=O)[nH]c2=O)c(C)c1. The second-order valence-electron chi connectivity index (χ2n) is 8.85. The van der Waals surface area contributed by atoms with Crippen LogP contribution in [0.25, 0.3) is 0 Å². The second-order valence-corrected chi connectivity index (χ2v) is 8.85. The quantitative estimate of drug-likeness (QED) is 0.505. The lowest BCUT2D eigenvalue weighted by Gasteiger charge is -2.25. The Kier molecular flexibility index (Phi) is 7.94. The van der Waals surface area contributed by atoms with Gasteiger partial charge in [-0.05, 0) is 43.4 Å². The van der Waals surface area contributed by atoms with E-state index in [2.05, 4.69) is 4.98 Å². The lowest BCUT2D eigenvalue weighted by atomic mass is 10.1. The first-order valence-electron chi connectivity index (χ1n) is 11.3. The number of hydrogen-bond donors (Lipinski definition) is 2. The molecule has 3 N–H and O–H groups in total. The first kappa shape index (κ1) is 24.8. The fourth-order valence-corrected chi connectivity index (χ4v) is 3.69. The van der Waals surface area contributed by atoms with Crippen LogP contribution < -0.4 is 26.6 Å². The summed E-state index contributed by atoms with van der Waals surface area (Å²) in [5.41, 5.74) is 7.82. The number of nitrogen functional groups attached to an aromatic ring is 1. The highest BCUT2D eigenvalue weighted by Crippen LogP contribution is 2.22. The number of ether oxygens (including phenoxy) is 1. The maximum atomic E-state index is 13.3. The molecule has 0 aliphatic rings. The van der Waals surface area contributed by atoms with Gasteiger partial charge in [0.25, 0.3) is 11.5 Å². The largest absolute Gasteiger partial charge is 0.483 e. The molecule has 2 aromatic carbocycles. The molecule has 0 bridgehead atoms. The van der Waals surface area contributed by atoms with Crippen LogP contribution >= 0.6 is 0 Å². The zero-order valence-electron chi connectivity index (χ0n) is 20.1. The van der Waals surface area contributed by atoms with Crippen molar-refractivity contribution in [2.45, 2.75) is 40.7 Å². The van der Waals surface area contributed by atoms with Crippen LogP contribution in [0.5, 0.6) is 5.75 Å². The van der Waals surface area contributed by atoms with Gasteiger partial charge < -0.3 is 15.4 Å². The van der Waals surface area contributed by atoms with Crippen LogP contribution in [0.4, 0.5) is 11.5 Å². The zero-order valence-corrected chi connectivity index (χ0v) is 20.1. The minimum absolute atomic E-state index is 0.0367. The first-order chi connectivity index (χ1) is 16.2. The smallest absolute Gasteiger partial charge is 0.330 e. The van der Waals surface area contributed by atoms with E-state index in [9.17, 15) is 14.4 Å². The summed E-state index contributed by atoms with van der Waals surface area (Å²) >= 11 is 0. The van der Waals surface area contributed by atoms with Gasteiger partial charge in [-0.25, -0.2) is 4.79 Å². The fraction of sp³-hybridized carbons (Fsp3) is 0.346. The number of benzene rings is 2. The molecule has 1 aromatic heterocycles. The Bertz CT molecular complexity index is 1260. The maximum absolute atomic E-state index is 13.3. The van der Waals surface area contributed by atoms with Crippen LogP contribution in [0, 0.1) is 19.8 Å². The van der Waals surface area contributed by atoms with E-state index < -0.39 is 17.2 Å². The number of aryl methyl sites for hydroxylation is 2. The van der Waals surface area contributed by atoms with E-state index in [1.165, 1.54) is 9.47 Å². The summed E-state index contributed by atoms with van der Waals surface area (Å²) in [4.78, 5) is 42.3. The molecule has 0 saturated carbocycles. The summed E-state index contributed by atoms with van der Waals surface area (Å²) < 4.78 is 7.05. The topological polar surface area (TPSA) is 110 Å². The number of aromatic amines is 1. The molecule has 0 spiro atoms. The lowest BCUT2D eigenvalue weighted by Crippen LogP contribution is -2.43. The molecule has 1 amide bonds. The first-order valence-corrected chi connectivity index (χ1v) is 11.3. The van der Waals surface area contributed by atoms with Gasteiger partial charge in [0.1, 0.15) is 11.6 Å². The van der Waals surface area contributed by atoms with Crippen molar-refractivity contribution in [1.29, 1.82) is 0 Å². The summed E-state index contributed by atoms with van der Waals surface area (Å²) in [6.07, 6.45) is 0.645. The van der Waals surface area contributed by atoms with Crippen LogP contribution in [0.2, 0.25) is 0 Å². The van der Waals surface area contributed by atoms with E-state index in [-0.39, 0.29) is 37.1 Å². The number of nitrogens with two attached hydrogens (primary N) is 1. The van der Waals surface area contributed by atoms with Crippen molar-refractivity contribution < 1.29 is 9.53 Å². The van der Waals surface area contributed by atoms with Gasteiger partial charge in [-0.1, -0.05) is 61.9 Å². The summed E-state index contributed by atoms with van der Waals surface area (Å²) in [5, 5.41) is 0. The molecule has 0 saturated heterocycles. The Labute approximate surface area is 199 Å². The third-order valence-electron chi connectivity index (χ3n) is 5.58. The van der Waals surface area contributed by atoms with Crippen LogP contribution in [0.3, 0.4) is 0 Å². The van der Waals surface area contributed by atoms with Gasteiger partial charge in [-0.3, -0.25) is 19.1 Å². The van der Waals surface area contributed by atoms with Crippen molar-refractivity contribution in [1.82, 2.24) is 9.55 Å². The molecule has 34 heavy (non-hydrogen) atoms. The summed E-state index contributed by atoms with van der Waals surface area (Å²) in [6, 6.07) is 15.0. The number of amides is 1. The van der Waals surface area contributed by atoms with Crippen LogP contribution in [-0.4, -0.2) is 28.6 Å². The Morgan fingerprint density at radius 3 is 2.47 bits per heavy atom. The van der Waals surface area contributed by atoms with Crippen molar-refractivity contribution in [2.24, 2.45) is 5.92 Å². The maximum Gasteiger partial charge on any atom is 0.330 e. The van der Waals surface area contributed by atoms with Crippen molar-refractivity contribution in [3.05, 3.63) is 86.1 Å². The van der Waals surface area contributed by atoms with Gasteiger partial charge >= 0.3 is 5.69 Å². The molecular weight excluding hydrogens is 432 g/mol. The second kappa shape index (κ2) is 10.9. The van der Waals surface area contributed by atoms with E-state index in [0.717, 1.165) is 16.7 Å². The Morgan fingerprint density at radius 1 is 1.12 bits per heavy atom. The van der Waals surface area contributed by atoms with Gasteiger partial charge in [0.05, 0.1) is 6.54 Å². The Hall–Kier alpha value is -3.81. The number of nitrogens with one attached hydrogen (secondary N) is 1. The minimum Gasteiger partial charge on any atom is -0.483 e. The number of anilines is 2. The van der Waals surface area contributed by atoms with Crippen LogP contribution in [0.15, 0.2) is 58.1 Å². The molecule has 8 heteroatoms. The van der Waals surface area contributed by atoms with E-state index >= 15 is 0 Å². The average molecular weight is 465 g/mol. The van der Waals surface area contributed by atoms with Gasteiger partial charge in [0.2, 0.25) is 0 Å². The number of carbonyl (C=O) groups is 1. The van der Waals surface area contributed by atoms with E-state index in [4.69, 9.17) is 10.5 Å². The predicted molar refractivity (Wildman–Crippen MR) is 134 cm³/mol. The normalized spacial score (nSPS) is 11.0. The molecule has 0 aliphatic carbocycles. The summed E-state index contributed by atoms with van der Waals surface area (Å²) in [5.74, 6) is 0.411. The monoisotopic (exact) mass is 464 g/mol. The molecule has 0 atom stereocenters. The molecule has 3 rings (SSSR count). The number of aromatic nitrogens is 2. The van der Waals surface area contributed by atoms with Gasteiger partial charge in [0, 0.05) is 6.54 Å². The fourth-order valence-electron chi connectivity index (χ4n) is 3.69. The zero-order chi connectivity index (χ0) is 24.8. The summed E-state index contributed by atoms with van der Waals surface area (Å²) in [6.45, 7) is 8.11. The van der Waals surface area contributed by atoms with Crippen molar-refractivity contribution in [3.63, 3.8) is 0 Å². The van der Waals surface area contributed by atoms with Crippen molar-refractivity contribution >= 4 is 17.4 Å². The van der Waals surface area contributed by atoms with Gasteiger partial charge in [-0.15, -0.1) is 0 Å². The highest BCUT2D eigenvalue weighted by Gasteiger charge is 2.25. The van der Waals surface area contributed by atoms with Gasteiger partial charge in [-0.2, -0.15) is 0 Å². The Balaban J connectivity index is 1.95. The average Bonchev–Trinajstić information content (AvgIpc) is 2.78. The lowest BCUT2D eigenvalue weighted by molar-refractivity contribution is -0.120. The number of carbonyl (C=O) groups excluding carboxylic acids is 1. The number of hydrogen-bond acceptors (Lipinski definition) is 5. The molecule has 180 valence electrons. The minimum atomic E-state index is -0.699.